The Labute approximate surface area is 116 Å². The summed E-state index contributed by atoms with van der Waals surface area (Å²) in [6.45, 7) is 0. The van der Waals surface area contributed by atoms with Crippen LogP contribution in [0.3, 0.4) is 0 Å². The van der Waals surface area contributed by atoms with Crippen molar-refractivity contribution >= 4 is 11.8 Å². The monoisotopic (exact) mass is 264 g/mol. The fourth-order valence-electron chi connectivity index (χ4n) is 1.78. The van der Waals surface area contributed by atoms with E-state index in [1.54, 1.807) is 11.8 Å². The minimum absolute atomic E-state index is 0.992. The van der Waals surface area contributed by atoms with Gasteiger partial charge in [-0.3, -0.25) is 4.98 Å². The fraction of sp³-hybridized carbons (Fsp3) is 0. The maximum Gasteiger partial charge on any atom is 0.101 e. The van der Waals surface area contributed by atoms with Crippen LogP contribution in [0.1, 0.15) is 0 Å². The lowest BCUT2D eigenvalue weighted by molar-refractivity contribution is 1.13. The van der Waals surface area contributed by atoms with E-state index in [4.69, 9.17) is 0 Å². The van der Waals surface area contributed by atoms with Gasteiger partial charge in [-0.05, 0) is 36.4 Å². The summed E-state index contributed by atoms with van der Waals surface area (Å²) in [4.78, 5) is 9.86. The van der Waals surface area contributed by atoms with Crippen LogP contribution in [0.2, 0.25) is 0 Å². The lowest BCUT2D eigenvalue weighted by Crippen LogP contribution is -1.83. The number of rotatable bonds is 3. The quantitative estimate of drug-likeness (QED) is 0.705. The second kappa shape index (κ2) is 5.67. The van der Waals surface area contributed by atoms with E-state index in [2.05, 4.69) is 34.2 Å². The van der Waals surface area contributed by atoms with E-state index in [-0.39, 0.29) is 0 Å². The van der Waals surface area contributed by atoms with Crippen molar-refractivity contribution in [3.63, 3.8) is 0 Å². The fourth-order valence-corrected chi connectivity index (χ4v) is 2.61. The molecule has 0 saturated carbocycles. The van der Waals surface area contributed by atoms with Crippen LogP contribution in [0, 0.1) is 0 Å². The molecule has 92 valence electrons. The largest absolute Gasteiger partial charge is 0.256 e. The first-order chi connectivity index (χ1) is 9.42. The Kier molecular flexibility index (Phi) is 3.56. The number of hydrogen-bond acceptors (Lipinski definition) is 3. The molecule has 0 amide bonds. The second-order valence-corrected chi connectivity index (χ2v) is 5.11. The number of benzene rings is 1. The molecular formula is C16H12N2S. The average Bonchev–Trinajstić information content (AvgIpc) is 2.49. The van der Waals surface area contributed by atoms with Gasteiger partial charge in [0.2, 0.25) is 0 Å². The molecule has 2 heterocycles. The SMILES string of the molecule is c1ccc(Sc2cccc(-c3ccccn3)c2)nc1. The minimum Gasteiger partial charge on any atom is -0.256 e. The molecule has 0 unspecified atom stereocenters. The van der Waals surface area contributed by atoms with Gasteiger partial charge in [-0.2, -0.15) is 0 Å². The second-order valence-electron chi connectivity index (χ2n) is 4.01. The third-order valence-electron chi connectivity index (χ3n) is 2.65. The van der Waals surface area contributed by atoms with Crippen LogP contribution in [0.25, 0.3) is 11.3 Å². The van der Waals surface area contributed by atoms with Gasteiger partial charge in [0.1, 0.15) is 5.03 Å². The highest BCUT2D eigenvalue weighted by Gasteiger charge is 2.02. The molecule has 0 radical (unpaired) electrons. The zero-order chi connectivity index (χ0) is 12.9. The van der Waals surface area contributed by atoms with E-state index in [0.717, 1.165) is 16.3 Å². The molecule has 0 aliphatic heterocycles. The number of nitrogens with zero attached hydrogens (tertiary/aromatic N) is 2. The van der Waals surface area contributed by atoms with E-state index >= 15 is 0 Å². The van der Waals surface area contributed by atoms with Gasteiger partial charge in [-0.1, -0.05) is 36.0 Å². The molecule has 0 saturated heterocycles. The van der Waals surface area contributed by atoms with Crippen LogP contribution in [0.15, 0.2) is 83.0 Å². The molecule has 0 spiro atoms. The highest BCUT2D eigenvalue weighted by molar-refractivity contribution is 7.99. The van der Waals surface area contributed by atoms with Crippen molar-refractivity contribution < 1.29 is 0 Å². The molecule has 0 atom stereocenters. The van der Waals surface area contributed by atoms with E-state index in [9.17, 15) is 0 Å². The molecule has 3 heteroatoms. The van der Waals surface area contributed by atoms with Crippen molar-refractivity contribution in [1.29, 1.82) is 0 Å². The zero-order valence-electron chi connectivity index (χ0n) is 10.2. The molecule has 3 aromatic rings. The highest BCUT2D eigenvalue weighted by Crippen LogP contribution is 2.28. The molecule has 0 N–H and O–H groups in total. The summed E-state index contributed by atoms with van der Waals surface area (Å²) < 4.78 is 0. The molecule has 0 fully saturated rings. The standard InChI is InChI=1S/C16H12N2S/c1-3-10-17-15(8-1)13-6-5-7-14(12-13)19-16-9-2-4-11-18-16/h1-12H. The summed E-state index contributed by atoms with van der Waals surface area (Å²) in [5.41, 5.74) is 2.12. The van der Waals surface area contributed by atoms with Crippen LogP contribution in [-0.2, 0) is 0 Å². The lowest BCUT2D eigenvalue weighted by Gasteiger charge is -2.04. The molecule has 3 rings (SSSR count). The van der Waals surface area contributed by atoms with Crippen LogP contribution in [-0.4, -0.2) is 9.97 Å². The Balaban J connectivity index is 1.89. The van der Waals surface area contributed by atoms with Crippen molar-refractivity contribution in [2.45, 2.75) is 9.92 Å². The first-order valence-electron chi connectivity index (χ1n) is 6.02. The Bertz CT molecular complexity index is 654. The van der Waals surface area contributed by atoms with Gasteiger partial charge in [0, 0.05) is 22.9 Å². The minimum atomic E-state index is 0.992. The molecule has 0 aliphatic rings. The zero-order valence-corrected chi connectivity index (χ0v) is 11.0. The summed E-state index contributed by atoms with van der Waals surface area (Å²) in [5.74, 6) is 0. The molecular weight excluding hydrogens is 252 g/mol. The maximum atomic E-state index is 4.37. The van der Waals surface area contributed by atoms with Gasteiger partial charge >= 0.3 is 0 Å². The molecule has 19 heavy (non-hydrogen) atoms. The normalized spacial score (nSPS) is 10.3. The molecule has 1 aromatic carbocycles. The van der Waals surface area contributed by atoms with Gasteiger partial charge in [-0.25, -0.2) is 4.98 Å². The maximum absolute atomic E-state index is 4.37. The molecule has 0 aliphatic carbocycles. The predicted molar refractivity (Wildman–Crippen MR) is 78.0 cm³/mol. The predicted octanol–water partition coefficient (Wildman–Crippen LogP) is 4.29. The van der Waals surface area contributed by atoms with Crippen molar-refractivity contribution in [2.75, 3.05) is 0 Å². The lowest BCUT2D eigenvalue weighted by atomic mass is 10.1. The summed E-state index contributed by atoms with van der Waals surface area (Å²) in [5, 5.41) is 1.00. The van der Waals surface area contributed by atoms with Crippen molar-refractivity contribution in [1.82, 2.24) is 9.97 Å². The van der Waals surface area contributed by atoms with Crippen molar-refractivity contribution in [2.24, 2.45) is 0 Å². The number of pyridine rings is 2. The smallest absolute Gasteiger partial charge is 0.101 e. The number of hydrogen-bond donors (Lipinski definition) is 0. The van der Waals surface area contributed by atoms with Gasteiger partial charge in [0.15, 0.2) is 0 Å². The number of aromatic nitrogens is 2. The van der Waals surface area contributed by atoms with E-state index in [0.29, 0.717) is 0 Å². The Morgan fingerprint density at radius 1 is 0.737 bits per heavy atom. The molecule has 2 nitrogen and oxygen atoms in total. The Hall–Kier alpha value is -2.13. The van der Waals surface area contributed by atoms with Crippen LogP contribution < -0.4 is 0 Å². The van der Waals surface area contributed by atoms with Crippen LogP contribution in [0.4, 0.5) is 0 Å². The Morgan fingerprint density at radius 2 is 1.58 bits per heavy atom. The van der Waals surface area contributed by atoms with Gasteiger partial charge in [-0.15, -0.1) is 0 Å². The summed E-state index contributed by atoms with van der Waals surface area (Å²) >= 11 is 1.66. The summed E-state index contributed by atoms with van der Waals surface area (Å²) in [6.07, 6.45) is 3.62. The average molecular weight is 264 g/mol. The van der Waals surface area contributed by atoms with Crippen LogP contribution in [0.5, 0.6) is 0 Å². The topological polar surface area (TPSA) is 25.8 Å². The third kappa shape index (κ3) is 3.01. The Morgan fingerprint density at radius 3 is 2.32 bits per heavy atom. The van der Waals surface area contributed by atoms with E-state index < -0.39 is 0 Å². The van der Waals surface area contributed by atoms with E-state index in [1.807, 2.05) is 48.8 Å². The van der Waals surface area contributed by atoms with Gasteiger partial charge in [0.05, 0.1) is 5.69 Å². The first kappa shape index (κ1) is 11.9. The summed E-state index contributed by atoms with van der Waals surface area (Å²) in [7, 11) is 0. The van der Waals surface area contributed by atoms with Gasteiger partial charge < -0.3 is 0 Å². The first-order valence-corrected chi connectivity index (χ1v) is 6.84. The van der Waals surface area contributed by atoms with Crippen LogP contribution >= 0.6 is 11.8 Å². The van der Waals surface area contributed by atoms with Crippen molar-refractivity contribution in [3.05, 3.63) is 73.1 Å². The summed E-state index contributed by atoms with van der Waals surface area (Å²) in [6, 6.07) is 20.2. The molecule has 2 aromatic heterocycles. The highest BCUT2D eigenvalue weighted by atomic mass is 32.2. The third-order valence-corrected chi connectivity index (χ3v) is 3.60. The van der Waals surface area contributed by atoms with Gasteiger partial charge in [0.25, 0.3) is 0 Å². The van der Waals surface area contributed by atoms with E-state index in [1.165, 1.54) is 4.90 Å². The van der Waals surface area contributed by atoms with Crippen molar-refractivity contribution in [3.8, 4) is 11.3 Å². The molecule has 0 bridgehead atoms.